The smallest absolute Gasteiger partial charge is 0.290 e. The van der Waals surface area contributed by atoms with Crippen LogP contribution >= 0.6 is 12.4 Å². The van der Waals surface area contributed by atoms with Crippen molar-refractivity contribution in [3.63, 3.8) is 0 Å². The van der Waals surface area contributed by atoms with Crippen molar-refractivity contribution in [2.24, 2.45) is 5.73 Å². The summed E-state index contributed by atoms with van der Waals surface area (Å²) < 4.78 is 5.91. The largest absolute Gasteiger partial charge is 0.450 e. The molecule has 2 N–H and O–H groups in total. The lowest BCUT2D eigenvalue weighted by molar-refractivity contribution is 0.0592. The number of aryl methyl sites for hydroxylation is 2. The van der Waals surface area contributed by atoms with E-state index in [1.165, 1.54) is 0 Å². The SMILES string of the molecule is Cc1c(C(=O)N2CCCCC2CN)oc2c(C)cccc12.Cl. The van der Waals surface area contributed by atoms with Crippen LogP contribution in [-0.4, -0.2) is 29.9 Å². The number of carbonyl (C=O) groups is 1. The molecule has 0 spiro atoms. The molecule has 2 heterocycles. The quantitative estimate of drug-likeness (QED) is 0.921. The van der Waals surface area contributed by atoms with E-state index in [0.717, 1.165) is 47.9 Å². The lowest BCUT2D eigenvalue weighted by Crippen LogP contribution is -2.47. The third-order valence-electron chi connectivity index (χ3n) is 4.51. The summed E-state index contributed by atoms with van der Waals surface area (Å²) in [5.41, 5.74) is 8.63. The number of rotatable bonds is 2. The summed E-state index contributed by atoms with van der Waals surface area (Å²) in [5, 5.41) is 1.03. The van der Waals surface area contributed by atoms with Crippen molar-refractivity contribution in [1.82, 2.24) is 4.90 Å². The zero-order valence-electron chi connectivity index (χ0n) is 13.1. The minimum Gasteiger partial charge on any atom is -0.450 e. The lowest BCUT2D eigenvalue weighted by Gasteiger charge is -2.34. The van der Waals surface area contributed by atoms with Crippen LogP contribution in [0.15, 0.2) is 22.6 Å². The maximum absolute atomic E-state index is 12.8. The zero-order valence-corrected chi connectivity index (χ0v) is 13.9. The van der Waals surface area contributed by atoms with Gasteiger partial charge in [-0.2, -0.15) is 0 Å². The van der Waals surface area contributed by atoms with Crippen molar-refractivity contribution in [1.29, 1.82) is 0 Å². The Kier molecular flexibility index (Phi) is 5.14. The van der Waals surface area contributed by atoms with Gasteiger partial charge in [0.2, 0.25) is 0 Å². The van der Waals surface area contributed by atoms with Crippen molar-refractivity contribution in [2.45, 2.75) is 39.2 Å². The fourth-order valence-electron chi connectivity index (χ4n) is 3.23. The van der Waals surface area contributed by atoms with Gasteiger partial charge in [-0.1, -0.05) is 18.2 Å². The highest BCUT2D eigenvalue weighted by molar-refractivity contribution is 5.99. The normalized spacial score (nSPS) is 18.3. The fourth-order valence-corrected chi connectivity index (χ4v) is 3.23. The average Bonchev–Trinajstić information content (AvgIpc) is 2.85. The third kappa shape index (κ3) is 2.73. The van der Waals surface area contributed by atoms with E-state index in [1.807, 2.05) is 36.9 Å². The molecule has 5 heteroatoms. The van der Waals surface area contributed by atoms with Gasteiger partial charge in [0.15, 0.2) is 5.76 Å². The molecule has 0 bridgehead atoms. The molecule has 0 radical (unpaired) electrons. The number of halogens is 1. The minimum atomic E-state index is -0.0155. The van der Waals surface area contributed by atoms with Gasteiger partial charge in [-0.15, -0.1) is 12.4 Å². The second-order valence-corrected chi connectivity index (χ2v) is 5.89. The number of furan rings is 1. The summed E-state index contributed by atoms with van der Waals surface area (Å²) in [6.45, 7) is 5.25. The molecule has 1 atom stereocenters. The van der Waals surface area contributed by atoms with Gasteiger partial charge in [0, 0.05) is 30.1 Å². The van der Waals surface area contributed by atoms with E-state index in [-0.39, 0.29) is 24.4 Å². The molecule has 4 nitrogen and oxygen atoms in total. The van der Waals surface area contributed by atoms with Gasteiger partial charge in [0.25, 0.3) is 5.91 Å². The predicted octanol–water partition coefficient (Wildman–Crippen LogP) is 3.42. The minimum absolute atomic E-state index is 0. The standard InChI is InChI=1S/C17H22N2O2.ClH/c1-11-6-5-8-14-12(2)16(21-15(11)14)17(20)19-9-4-3-7-13(19)10-18;/h5-6,8,13H,3-4,7,9-10,18H2,1-2H3;1H. The van der Waals surface area contributed by atoms with Gasteiger partial charge < -0.3 is 15.1 Å². The van der Waals surface area contributed by atoms with E-state index in [4.69, 9.17) is 10.2 Å². The second kappa shape index (κ2) is 6.71. The summed E-state index contributed by atoms with van der Waals surface area (Å²) in [7, 11) is 0. The molecule has 1 saturated heterocycles. The first-order valence-electron chi connectivity index (χ1n) is 7.63. The summed E-state index contributed by atoms with van der Waals surface area (Å²) in [5.74, 6) is 0.456. The van der Waals surface area contributed by atoms with Crippen LogP contribution in [0.5, 0.6) is 0 Å². The molecule has 0 saturated carbocycles. The first-order chi connectivity index (χ1) is 10.1. The molecule has 3 rings (SSSR count). The number of carbonyl (C=O) groups excluding carboxylic acids is 1. The molecular weight excluding hydrogens is 300 g/mol. The molecule has 1 unspecified atom stereocenters. The van der Waals surface area contributed by atoms with Gasteiger partial charge in [0.05, 0.1) is 0 Å². The highest BCUT2D eigenvalue weighted by Crippen LogP contribution is 2.30. The maximum Gasteiger partial charge on any atom is 0.290 e. The van der Waals surface area contributed by atoms with E-state index >= 15 is 0 Å². The molecule has 2 aromatic rings. The highest BCUT2D eigenvalue weighted by atomic mass is 35.5. The molecule has 1 fully saturated rings. The van der Waals surface area contributed by atoms with Crippen LogP contribution in [0, 0.1) is 13.8 Å². The van der Waals surface area contributed by atoms with Crippen molar-refractivity contribution >= 4 is 29.3 Å². The van der Waals surface area contributed by atoms with Crippen molar-refractivity contribution in [2.75, 3.05) is 13.1 Å². The molecule has 1 amide bonds. The monoisotopic (exact) mass is 322 g/mol. The topological polar surface area (TPSA) is 59.5 Å². The van der Waals surface area contributed by atoms with Crippen LogP contribution in [0.1, 0.15) is 40.9 Å². The summed E-state index contributed by atoms with van der Waals surface area (Å²) >= 11 is 0. The number of nitrogens with two attached hydrogens (primary N) is 1. The van der Waals surface area contributed by atoms with E-state index < -0.39 is 0 Å². The Bertz CT molecular complexity index is 681. The molecule has 22 heavy (non-hydrogen) atoms. The Balaban J connectivity index is 0.00000176. The van der Waals surface area contributed by atoms with Gasteiger partial charge in [-0.05, 0) is 38.7 Å². The van der Waals surface area contributed by atoms with Crippen LogP contribution in [-0.2, 0) is 0 Å². The molecule has 0 aliphatic carbocycles. The molecule has 1 aromatic carbocycles. The average molecular weight is 323 g/mol. The Morgan fingerprint density at radius 3 is 2.82 bits per heavy atom. The molecule has 1 aliphatic heterocycles. The summed E-state index contributed by atoms with van der Waals surface area (Å²) in [4.78, 5) is 14.7. The number of hydrogen-bond donors (Lipinski definition) is 1. The van der Waals surface area contributed by atoms with Gasteiger partial charge >= 0.3 is 0 Å². The Hall–Kier alpha value is -1.52. The van der Waals surface area contributed by atoms with Crippen LogP contribution < -0.4 is 5.73 Å². The first kappa shape index (κ1) is 16.8. The molecule has 120 valence electrons. The first-order valence-corrected chi connectivity index (χ1v) is 7.63. The van der Waals surface area contributed by atoms with Crippen LogP contribution in [0.4, 0.5) is 0 Å². The van der Waals surface area contributed by atoms with Crippen molar-refractivity contribution < 1.29 is 9.21 Å². The van der Waals surface area contributed by atoms with Gasteiger partial charge in [-0.3, -0.25) is 4.79 Å². The molecular formula is C17H23ClN2O2. The number of hydrogen-bond acceptors (Lipinski definition) is 3. The second-order valence-electron chi connectivity index (χ2n) is 5.89. The Labute approximate surface area is 137 Å². The Morgan fingerprint density at radius 2 is 2.14 bits per heavy atom. The number of benzene rings is 1. The zero-order chi connectivity index (χ0) is 15.0. The van der Waals surface area contributed by atoms with Gasteiger partial charge in [-0.25, -0.2) is 0 Å². The van der Waals surface area contributed by atoms with Gasteiger partial charge in [0.1, 0.15) is 5.58 Å². The number of fused-ring (bicyclic) bond motifs is 1. The lowest BCUT2D eigenvalue weighted by atomic mass is 10.0. The maximum atomic E-state index is 12.8. The highest BCUT2D eigenvalue weighted by Gasteiger charge is 2.30. The van der Waals surface area contributed by atoms with E-state index in [9.17, 15) is 4.79 Å². The number of piperidine rings is 1. The van der Waals surface area contributed by atoms with Crippen molar-refractivity contribution in [3.05, 3.63) is 35.1 Å². The predicted molar refractivity (Wildman–Crippen MR) is 90.7 cm³/mol. The summed E-state index contributed by atoms with van der Waals surface area (Å²) in [6, 6.07) is 6.15. The Morgan fingerprint density at radius 1 is 1.36 bits per heavy atom. The third-order valence-corrected chi connectivity index (χ3v) is 4.51. The molecule has 1 aliphatic rings. The fraction of sp³-hybridized carbons (Fsp3) is 0.471. The number of likely N-dealkylation sites (tertiary alicyclic amines) is 1. The van der Waals surface area contributed by atoms with Crippen LogP contribution in [0.25, 0.3) is 11.0 Å². The molecule has 1 aromatic heterocycles. The number of amides is 1. The summed E-state index contributed by atoms with van der Waals surface area (Å²) in [6.07, 6.45) is 3.17. The van der Waals surface area contributed by atoms with E-state index in [2.05, 4.69) is 0 Å². The number of para-hydroxylation sites is 1. The van der Waals surface area contributed by atoms with Crippen molar-refractivity contribution in [3.8, 4) is 0 Å². The number of nitrogens with zero attached hydrogens (tertiary/aromatic N) is 1. The van der Waals surface area contributed by atoms with Crippen LogP contribution in [0.3, 0.4) is 0 Å². The van der Waals surface area contributed by atoms with E-state index in [0.29, 0.717) is 12.3 Å². The van der Waals surface area contributed by atoms with Crippen LogP contribution in [0.2, 0.25) is 0 Å². The van der Waals surface area contributed by atoms with E-state index in [1.54, 1.807) is 0 Å².